The van der Waals surface area contributed by atoms with Crippen LogP contribution < -0.4 is 5.32 Å². The number of nitrogens with one attached hydrogen (secondary N) is 1. The fourth-order valence-electron chi connectivity index (χ4n) is 2.79. The summed E-state index contributed by atoms with van der Waals surface area (Å²) in [6, 6.07) is 7.10. The summed E-state index contributed by atoms with van der Waals surface area (Å²) in [6.07, 6.45) is 2.23. The highest BCUT2D eigenvalue weighted by atomic mass is 35.5. The van der Waals surface area contributed by atoms with Gasteiger partial charge in [0.25, 0.3) is 0 Å². The fourth-order valence-corrected chi connectivity index (χ4v) is 2.99. The van der Waals surface area contributed by atoms with Crippen LogP contribution in [-0.4, -0.2) is 54.3 Å². The van der Waals surface area contributed by atoms with Crippen molar-refractivity contribution in [2.24, 2.45) is 0 Å². The molecule has 1 heterocycles. The van der Waals surface area contributed by atoms with Crippen LogP contribution in [0.25, 0.3) is 0 Å². The monoisotopic (exact) mass is 351 g/mol. The number of carbonyl (C=O) groups excluding carboxylic acids is 2. The zero-order valence-electron chi connectivity index (χ0n) is 14.4. The van der Waals surface area contributed by atoms with E-state index in [9.17, 15) is 9.59 Å². The van der Waals surface area contributed by atoms with Crippen molar-refractivity contribution in [3.8, 4) is 0 Å². The van der Waals surface area contributed by atoms with E-state index in [4.69, 9.17) is 11.6 Å². The number of rotatable bonds is 7. The van der Waals surface area contributed by atoms with Gasteiger partial charge in [0.15, 0.2) is 0 Å². The molecule has 1 saturated heterocycles. The number of carbonyl (C=O) groups is 2. The summed E-state index contributed by atoms with van der Waals surface area (Å²) in [5, 5.41) is 3.83. The van der Waals surface area contributed by atoms with Gasteiger partial charge in [-0.25, -0.2) is 0 Å². The Labute approximate surface area is 149 Å². The van der Waals surface area contributed by atoms with Crippen molar-refractivity contribution in [1.29, 1.82) is 0 Å². The zero-order chi connectivity index (χ0) is 17.5. The second kappa shape index (κ2) is 9.04. The van der Waals surface area contributed by atoms with Crippen molar-refractivity contribution in [1.82, 2.24) is 15.1 Å². The molecule has 1 aliphatic rings. The van der Waals surface area contributed by atoms with Gasteiger partial charge in [0.2, 0.25) is 11.8 Å². The number of unbranched alkanes of at least 4 members (excludes halogenated alkanes) is 1. The van der Waals surface area contributed by atoms with Crippen LogP contribution in [0, 0.1) is 0 Å². The van der Waals surface area contributed by atoms with Crippen molar-refractivity contribution in [3.63, 3.8) is 0 Å². The summed E-state index contributed by atoms with van der Waals surface area (Å²) in [6.45, 7) is 4.63. The van der Waals surface area contributed by atoms with Gasteiger partial charge in [0.05, 0.1) is 12.5 Å². The molecule has 1 aromatic rings. The molecule has 2 amide bonds. The molecule has 24 heavy (non-hydrogen) atoms. The normalized spacial score (nSPS) is 17.9. The third-order valence-electron chi connectivity index (χ3n) is 4.35. The van der Waals surface area contributed by atoms with Gasteiger partial charge in [-0.3, -0.25) is 9.59 Å². The molecule has 0 radical (unpaired) electrons. The van der Waals surface area contributed by atoms with Gasteiger partial charge in [-0.05, 0) is 18.1 Å². The van der Waals surface area contributed by atoms with E-state index < -0.39 is 6.04 Å². The molecule has 1 fully saturated rings. The molecule has 6 heteroatoms. The topological polar surface area (TPSA) is 52.7 Å². The smallest absolute Gasteiger partial charge is 0.240 e. The molecule has 132 valence electrons. The van der Waals surface area contributed by atoms with Gasteiger partial charge < -0.3 is 15.1 Å². The van der Waals surface area contributed by atoms with Crippen molar-refractivity contribution < 1.29 is 9.59 Å². The summed E-state index contributed by atoms with van der Waals surface area (Å²) >= 11 is 6.19. The summed E-state index contributed by atoms with van der Waals surface area (Å²) in [5.41, 5.74) is 0.930. The van der Waals surface area contributed by atoms with Crippen LogP contribution >= 0.6 is 11.6 Å². The number of hydrogen-bond donors (Lipinski definition) is 1. The van der Waals surface area contributed by atoms with Crippen LogP contribution in [0.2, 0.25) is 5.02 Å². The first-order chi connectivity index (χ1) is 11.5. The molecular weight excluding hydrogens is 326 g/mol. The number of nitrogens with zero attached hydrogens (tertiary/aromatic N) is 2. The van der Waals surface area contributed by atoms with E-state index in [1.807, 2.05) is 24.3 Å². The maximum absolute atomic E-state index is 12.7. The zero-order valence-corrected chi connectivity index (χ0v) is 15.2. The quantitative estimate of drug-likeness (QED) is 0.820. The van der Waals surface area contributed by atoms with Gasteiger partial charge >= 0.3 is 0 Å². The predicted octanol–water partition coefficient (Wildman–Crippen LogP) is 2.29. The summed E-state index contributed by atoms with van der Waals surface area (Å²) in [4.78, 5) is 28.4. The van der Waals surface area contributed by atoms with E-state index in [0.29, 0.717) is 24.7 Å². The number of benzene rings is 1. The molecule has 1 aliphatic heterocycles. The molecule has 0 saturated carbocycles. The summed E-state index contributed by atoms with van der Waals surface area (Å²) < 4.78 is 0. The SMILES string of the molecule is CCCCN(C)C(=O)CC1NCCN(Cc2ccccc2Cl)C1=O. The Morgan fingerprint density at radius 1 is 1.42 bits per heavy atom. The van der Waals surface area contributed by atoms with Crippen molar-refractivity contribution in [3.05, 3.63) is 34.9 Å². The molecule has 0 spiro atoms. The number of halogens is 1. The Hall–Kier alpha value is -1.59. The lowest BCUT2D eigenvalue weighted by atomic mass is 10.1. The van der Waals surface area contributed by atoms with E-state index in [-0.39, 0.29) is 18.2 Å². The Bertz CT molecular complexity index is 579. The van der Waals surface area contributed by atoms with Gasteiger partial charge in [-0.1, -0.05) is 43.1 Å². The predicted molar refractivity (Wildman–Crippen MR) is 95.8 cm³/mol. The third kappa shape index (κ3) is 4.95. The second-order valence-corrected chi connectivity index (χ2v) is 6.64. The lowest BCUT2D eigenvalue weighted by Crippen LogP contribution is -2.55. The maximum atomic E-state index is 12.7. The minimum Gasteiger partial charge on any atom is -0.346 e. The van der Waals surface area contributed by atoms with E-state index in [1.54, 1.807) is 16.8 Å². The van der Waals surface area contributed by atoms with E-state index in [1.165, 1.54) is 0 Å². The van der Waals surface area contributed by atoms with Gasteiger partial charge in [0.1, 0.15) is 0 Å². The molecule has 1 N–H and O–H groups in total. The van der Waals surface area contributed by atoms with Crippen molar-refractivity contribution in [2.75, 3.05) is 26.7 Å². The minimum absolute atomic E-state index is 0.00823. The van der Waals surface area contributed by atoms with Crippen LogP contribution in [-0.2, 0) is 16.1 Å². The lowest BCUT2D eigenvalue weighted by Gasteiger charge is -2.33. The van der Waals surface area contributed by atoms with Crippen LogP contribution in [0.3, 0.4) is 0 Å². The molecule has 1 unspecified atom stereocenters. The number of hydrogen-bond acceptors (Lipinski definition) is 3. The first-order valence-electron chi connectivity index (χ1n) is 8.52. The highest BCUT2D eigenvalue weighted by Gasteiger charge is 2.31. The van der Waals surface area contributed by atoms with Crippen molar-refractivity contribution in [2.45, 2.75) is 38.8 Å². The number of piperazine rings is 1. The van der Waals surface area contributed by atoms with Gasteiger partial charge in [-0.15, -0.1) is 0 Å². The Balaban J connectivity index is 1.94. The minimum atomic E-state index is -0.446. The highest BCUT2D eigenvalue weighted by molar-refractivity contribution is 6.31. The van der Waals surface area contributed by atoms with Crippen LogP contribution in [0.1, 0.15) is 31.7 Å². The lowest BCUT2D eigenvalue weighted by molar-refractivity contribution is -0.141. The molecule has 0 bridgehead atoms. The average molecular weight is 352 g/mol. The van der Waals surface area contributed by atoms with Crippen LogP contribution in [0.4, 0.5) is 0 Å². The maximum Gasteiger partial charge on any atom is 0.240 e. The molecule has 1 aromatic carbocycles. The Morgan fingerprint density at radius 2 is 2.17 bits per heavy atom. The first kappa shape index (κ1) is 18.7. The molecule has 2 rings (SSSR count). The molecule has 5 nitrogen and oxygen atoms in total. The largest absolute Gasteiger partial charge is 0.346 e. The number of amides is 2. The second-order valence-electron chi connectivity index (χ2n) is 6.23. The van der Waals surface area contributed by atoms with E-state index >= 15 is 0 Å². The van der Waals surface area contributed by atoms with Gasteiger partial charge in [-0.2, -0.15) is 0 Å². The van der Waals surface area contributed by atoms with E-state index in [2.05, 4.69) is 12.2 Å². The standard InChI is InChI=1S/C18H26ClN3O2/c1-3-4-10-21(2)17(23)12-16-18(24)22(11-9-20-16)13-14-7-5-6-8-15(14)19/h5-8,16,20H,3-4,9-13H2,1-2H3. The highest BCUT2D eigenvalue weighted by Crippen LogP contribution is 2.18. The van der Waals surface area contributed by atoms with Crippen LogP contribution in [0.5, 0.6) is 0 Å². The molecular formula is C18H26ClN3O2. The van der Waals surface area contributed by atoms with Crippen molar-refractivity contribution >= 4 is 23.4 Å². The van der Waals surface area contributed by atoms with E-state index in [0.717, 1.165) is 24.9 Å². The van der Waals surface area contributed by atoms with Crippen LogP contribution in [0.15, 0.2) is 24.3 Å². The Morgan fingerprint density at radius 3 is 2.88 bits per heavy atom. The summed E-state index contributed by atoms with van der Waals surface area (Å²) in [7, 11) is 1.80. The first-order valence-corrected chi connectivity index (χ1v) is 8.90. The third-order valence-corrected chi connectivity index (χ3v) is 4.72. The fraction of sp³-hybridized carbons (Fsp3) is 0.556. The molecule has 0 aliphatic carbocycles. The molecule has 0 aromatic heterocycles. The van der Waals surface area contributed by atoms with Gasteiger partial charge in [0, 0.05) is 38.2 Å². The molecule has 1 atom stereocenters. The Kier molecular flexibility index (Phi) is 7.06. The average Bonchev–Trinajstić information content (AvgIpc) is 2.58. The summed E-state index contributed by atoms with van der Waals surface area (Å²) in [5.74, 6) is -0.0210.